The highest BCUT2D eigenvalue weighted by molar-refractivity contribution is 7.81. The highest BCUT2D eigenvalue weighted by Gasteiger charge is 2.20. The summed E-state index contributed by atoms with van der Waals surface area (Å²) in [5, 5.41) is 8.72. The van der Waals surface area contributed by atoms with Crippen molar-refractivity contribution in [3.8, 4) is 6.07 Å². The van der Waals surface area contributed by atoms with Crippen LogP contribution in [0.1, 0.15) is 5.56 Å². The third-order valence-corrected chi connectivity index (χ3v) is 2.22. The van der Waals surface area contributed by atoms with Gasteiger partial charge in [-0.1, -0.05) is 17.7 Å². The maximum atomic E-state index is 11.5. The molecule has 0 radical (unpaired) electrons. The van der Waals surface area contributed by atoms with Crippen LogP contribution >= 0.6 is 12.2 Å². The zero-order valence-electron chi connectivity index (χ0n) is 8.93. The van der Waals surface area contributed by atoms with Gasteiger partial charge in [0.05, 0.1) is 12.8 Å². The van der Waals surface area contributed by atoms with E-state index in [-0.39, 0.29) is 4.99 Å². The highest BCUT2D eigenvalue weighted by atomic mass is 32.1. The van der Waals surface area contributed by atoms with Crippen molar-refractivity contribution < 1.29 is 9.53 Å². The van der Waals surface area contributed by atoms with Crippen LogP contribution in [0.2, 0.25) is 0 Å². The van der Waals surface area contributed by atoms with Gasteiger partial charge in [0, 0.05) is 0 Å². The van der Waals surface area contributed by atoms with Crippen LogP contribution in [-0.2, 0) is 4.74 Å². The van der Waals surface area contributed by atoms with Gasteiger partial charge in [0.2, 0.25) is 0 Å². The molecule has 0 spiro atoms. The first-order chi connectivity index (χ1) is 7.60. The molecule has 4 nitrogen and oxygen atoms in total. The molecule has 16 heavy (non-hydrogen) atoms. The number of rotatable bonds is 1. The average Bonchev–Trinajstić information content (AvgIpc) is 2.31. The third-order valence-electron chi connectivity index (χ3n) is 1.95. The Morgan fingerprint density at radius 2 is 2.00 bits per heavy atom. The predicted molar refractivity (Wildman–Crippen MR) is 64.3 cm³/mol. The summed E-state index contributed by atoms with van der Waals surface area (Å²) in [5.74, 6) is 0. The molecule has 0 fully saturated rings. The van der Waals surface area contributed by atoms with Crippen LogP contribution in [0, 0.1) is 18.3 Å². The molecule has 1 aromatic rings. The van der Waals surface area contributed by atoms with Gasteiger partial charge in [-0.15, -0.1) is 0 Å². The molecule has 1 rings (SSSR count). The van der Waals surface area contributed by atoms with Crippen molar-refractivity contribution in [2.24, 2.45) is 0 Å². The fourth-order valence-electron chi connectivity index (χ4n) is 1.14. The molecule has 82 valence electrons. The summed E-state index contributed by atoms with van der Waals surface area (Å²) in [7, 11) is 1.24. The van der Waals surface area contributed by atoms with Gasteiger partial charge in [0.15, 0.2) is 4.99 Å². The summed E-state index contributed by atoms with van der Waals surface area (Å²) in [6.45, 7) is 1.93. The Labute approximate surface area is 99.0 Å². The smallest absolute Gasteiger partial charge is 0.419 e. The fourth-order valence-corrected chi connectivity index (χ4v) is 1.32. The van der Waals surface area contributed by atoms with E-state index in [2.05, 4.69) is 4.74 Å². The number of hydrogen-bond acceptors (Lipinski definition) is 4. The summed E-state index contributed by atoms with van der Waals surface area (Å²) in [5.41, 5.74) is 1.57. The van der Waals surface area contributed by atoms with E-state index in [1.165, 1.54) is 7.11 Å². The van der Waals surface area contributed by atoms with Crippen molar-refractivity contribution >= 4 is 29.0 Å². The normalized spacial score (nSPS) is 9.06. The van der Waals surface area contributed by atoms with Gasteiger partial charge < -0.3 is 4.74 Å². The second-order valence-corrected chi connectivity index (χ2v) is 3.44. The van der Waals surface area contributed by atoms with Crippen LogP contribution in [-0.4, -0.2) is 18.2 Å². The summed E-state index contributed by atoms with van der Waals surface area (Å²) >= 11 is 4.80. The van der Waals surface area contributed by atoms with Crippen molar-refractivity contribution in [2.45, 2.75) is 6.92 Å². The topological polar surface area (TPSA) is 53.3 Å². The minimum atomic E-state index is -0.671. The van der Waals surface area contributed by atoms with E-state index in [1.807, 2.05) is 19.1 Å². The second kappa shape index (κ2) is 5.24. The lowest BCUT2D eigenvalue weighted by atomic mass is 10.2. The van der Waals surface area contributed by atoms with Crippen LogP contribution < -0.4 is 4.90 Å². The molecule has 1 aromatic carbocycles. The lowest BCUT2D eigenvalue weighted by Gasteiger charge is -2.17. The van der Waals surface area contributed by atoms with Gasteiger partial charge in [-0.05, 0) is 31.3 Å². The molecule has 0 aromatic heterocycles. The van der Waals surface area contributed by atoms with E-state index in [4.69, 9.17) is 17.5 Å². The summed E-state index contributed by atoms with van der Waals surface area (Å²) in [6, 6.07) is 8.81. The molecule has 0 atom stereocenters. The Kier molecular flexibility index (Phi) is 3.97. The lowest BCUT2D eigenvalue weighted by molar-refractivity contribution is 0.182. The van der Waals surface area contributed by atoms with Crippen LogP contribution in [0.4, 0.5) is 10.5 Å². The summed E-state index contributed by atoms with van der Waals surface area (Å²) in [4.78, 5) is 12.4. The van der Waals surface area contributed by atoms with Gasteiger partial charge >= 0.3 is 6.09 Å². The predicted octanol–water partition coefficient (Wildman–Crippen LogP) is 2.42. The number of hydrogen-bond donors (Lipinski definition) is 0. The van der Waals surface area contributed by atoms with Crippen molar-refractivity contribution in [1.29, 1.82) is 5.26 Å². The molecule has 0 bridgehead atoms. The SMILES string of the molecule is COC(=O)N(C(=S)C#N)c1ccc(C)cc1. The summed E-state index contributed by atoms with van der Waals surface area (Å²) < 4.78 is 4.57. The number of thiocarbonyl (C=S) groups is 1. The quantitative estimate of drug-likeness (QED) is 0.700. The standard InChI is InChI=1S/C11H10N2O2S/c1-8-3-5-9(6-4-8)13(10(16)7-12)11(14)15-2/h3-6H,1-2H3. The van der Waals surface area contributed by atoms with Crippen LogP contribution in [0.5, 0.6) is 0 Å². The average molecular weight is 234 g/mol. The van der Waals surface area contributed by atoms with Crippen molar-refractivity contribution in [2.75, 3.05) is 12.0 Å². The monoisotopic (exact) mass is 234 g/mol. The Morgan fingerprint density at radius 3 is 2.44 bits per heavy atom. The maximum absolute atomic E-state index is 11.5. The zero-order chi connectivity index (χ0) is 12.1. The number of carbonyl (C=O) groups excluding carboxylic acids is 1. The number of amides is 1. The molecule has 0 saturated carbocycles. The van der Waals surface area contributed by atoms with Crippen LogP contribution in [0.15, 0.2) is 24.3 Å². The third kappa shape index (κ3) is 2.55. The molecule has 0 aliphatic rings. The van der Waals surface area contributed by atoms with Gasteiger partial charge in [-0.25, -0.2) is 9.69 Å². The van der Waals surface area contributed by atoms with Gasteiger partial charge in [-0.3, -0.25) is 0 Å². The Balaban J connectivity index is 3.12. The highest BCUT2D eigenvalue weighted by Crippen LogP contribution is 2.16. The van der Waals surface area contributed by atoms with E-state index in [0.29, 0.717) is 5.69 Å². The molecule has 0 saturated heterocycles. The molecule has 0 heterocycles. The van der Waals surface area contributed by atoms with Crippen LogP contribution in [0.3, 0.4) is 0 Å². The van der Waals surface area contributed by atoms with E-state index in [9.17, 15) is 4.79 Å². The molecular formula is C11H10N2O2S. The zero-order valence-corrected chi connectivity index (χ0v) is 9.75. The van der Waals surface area contributed by atoms with E-state index >= 15 is 0 Å². The van der Waals surface area contributed by atoms with Crippen molar-refractivity contribution in [3.05, 3.63) is 29.8 Å². The van der Waals surface area contributed by atoms with E-state index in [1.54, 1.807) is 18.2 Å². The minimum Gasteiger partial charge on any atom is -0.452 e. The van der Waals surface area contributed by atoms with Gasteiger partial charge in [-0.2, -0.15) is 5.26 Å². The number of aryl methyl sites for hydroxylation is 1. The number of nitrogens with zero attached hydrogens (tertiary/aromatic N) is 2. The largest absolute Gasteiger partial charge is 0.452 e. The van der Waals surface area contributed by atoms with E-state index < -0.39 is 6.09 Å². The first-order valence-electron chi connectivity index (χ1n) is 4.49. The molecule has 0 unspecified atom stereocenters. The number of benzene rings is 1. The second-order valence-electron chi connectivity index (χ2n) is 3.06. The Morgan fingerprint density at radius 1 is 1.44 bits per heavy atom. The number of anilines is 1. The first kappa shape index (κ1) is 12.1. The fraction of sp³-hybridized carbons (Fsp3) is 0.182. The number of carbonyl (C=O) groups is 1. The molecule has 5 heteroatoms. The Hall–Kier alpha value is -1.93. The maximum Gasteiger partial charge on any atom is 0.419 e. The first-order valence-corrected chi connectivity index (χ1v) is 4.89. The number of ether oxygens (including phenoxy) is 1. The molecule has 0 N–H and O–H groups in total. The molecule has 1 amide bonds. The minimum absolute atomic E-state index is 0.143. The van der Waals surface area contributed by atoms with Crippen molar-refractivity contribution in [1.82, 2.24) is 0 Å². The molecule has 0 aliphatic carbocycles. The van der Waals surface area contributed by atoms with Crippen LogP contribution in [0.25, 0.3) is 0 Å². The van der Waals surface area contributed by atoms with E-state index in [0.717, 1.165) is 10.5 Å². The van der Waals surface area contributed by atoms with Crippen molar-refractivity contribution in [3.63, 3.8) is 0 Å². The van der Waals surface area contributed by atoms with Gasteiger partial charge in [0.1, 0.15) is 6.07 Å². The van der Waals surface area contributed by atoms with Gasteiger partial charge in [0.25, 0.3) is 0 Å². The summed E-state index contributed by atoms with van der Waals surface area (Å²) in [6.07, 6.45) is -0.671. The molecule has 0 aliphatic heterocycles. The number of nitriles is 1. The Bertz CT molecular complexity index is 448. The number of methoxy groups -OCH3 is 1. The molecular weight excluding hydrogens is 224 g/mol. The lowest BCUT2D eigenvalue weighted by Crippen LogP contribution is -2.34.